The van der Waals surface area contributed by atoms with Crippen LogP contribution in [0.4, 0.5) is 0 Å². The van der Waals surface area contributed by atoms with E-state index in [-0.39, 0.29) is 0 Å². The van der Waals surface area contributed by atoms with Crippen LogP contribution in [0.2, 0.25) is 0 Å². The normalized spacial score (nSPS) is 18.7. The Kier molecular flexibility index (Phi) is 7.77. The van der Waals surface area contributed by atoms with Crippen molar-refractivity contribution in [1.29, 1.82) is 0 Å². The summed E-state index contributed by atoms with van der Waals surface area (Å²) in [5.41, 5.74) is -0.422. The van der Waals surface area contributed by atoms with E-state index in [2.05, 4.69) is 5.32 Å². The SMILES string of the molecule is COCCOCCCCNCC1(O)CCCC1. The van der Waals surface area contributed by atoms with Crippen LogP contribution in [0.3, 0.4) is 0 Å². The molecular formula is C13H27NO3. The number of ether oxygens (including phenoxy) is 2. The number of methoxy groups -OCH3 is 1. The first-order valence-corrected chi connectivity index (χ1v) is 6.77. The van der Waals surface area contributed by atoms with Gasteiger partial charge in [-0.05, 0) is 32.2 Å². The van der Waals surface area contributed by atoms with Gasteiger partial charge in [-0.1, -0.05) is 12.8 Å². The van der Waals surface area contributed by atoms with E-state index in [0.717, 1.165) is 45.4 Å². The lowest BCUT2D eigenvalue weighted by Crippen LogP contribution is -2.38. The highest BCUT2D eigenvalue weighted by Gasteiger charge is 2.30. The summed E-state index contributed by atoms with van der Waals surface area (Å²) < 4.78 is 10.3. The van der Waals surface area contributed by atoms with Crippen molar-refractivity contribution in [2.75, 3.05) is 40.0 Å². The van der Waals surface area contributed by atoms with Crippen molar-refractivity contribution in [1.82, 2.24) is 5.32 Å². The Hall–Kier alpha value is -0.160. The molecule has 0 saturated heterocycles. The molecule has 4 heteroatoms. The zero-order chi connectivity index (χ0) is 12.4. The summed E-state index contributed by atoms with van der Waals surface area (Å²) in [6.07, 6.45) is 6.43. The van der Waals surface area contributed by atoms with Gasteiger partial charge in [-0.15, -0.1) is 0 Å². The molecule has 0 heterocycles. The van der Waals surface area contributed by atoms with Crippen LogP contribution in [0.1, 0.15) is 38.5 Å². The summed E-state index contributed by atoms with van der Waals surface area (Å²) in [6, 6.07) is 0. The molecule has 1 aliphatic rings. The zero-order valence-electron chi connectivity index (χ0n) is 11.0. The van der Waals surface area contributed by atoms with Crippen molar-refractivity contribution in [3.8, 4) is 0 Å². The molecule has 0 atom stereocenters. The predicted octanol–water partition coefficient (Wildman–Crippen LogP) is 1.32. The van der Waals surface area contributed by atoms with E-state index in [4.69, 9.17) is 9.47 Å². The van der Waals surface area contributed by atoms with Crippen LogP contribution >= 0.6 is 0 Å². The Bertz CT molecular complexity index is 182. The van der Waals surface area contributed by atoms with Gasteiger partial charge < -0.3 is 19.9 Å². The Morgan fingerprint density at radius 2 is 1.88 bits per heavy atom. The molecule has 0 aliphatic heterocycles. The van der Waals surface area contributed by atoms with Gasteiger partial charge in [-0.3, -0.25) is 0 Å². The molecule has 0 aromatic heterocycles. The molecule has 0 spiro atoms. The molecule has 0 bridgehead atoms. The van der Waals surface area contributed by atoms with Gasteiger partial charge in [-0.25, -0.2) is 0 Å². The highest BCUT2D eigenvalue weighted by molar-refractivity contribution is 4.85. The topological polar surface area (TPSA) is 50.7 Å². The van der Waals surface area contributed by atoms with Gasteiger partial charge in [0.25, 0.3) is 0 Å². The number of unbranched alkanes of at least 4 members (excludes halogenated alkanes) is 1. The van der Waals surface area contributed by atoms with Crippen LogP contribution in [0.5, 0.6) is 0 Å². The van der Waals surface area contributed by atoms with Crippen LogP contribution < -0.4 is 5.32 Å². The van der Waals surface area contributed by atoms with E-state index in [1.807, 2.05) is 0 Å². The maximum absolute atomic E-state index is 10.1. The lowest BCUT2D eigenvalue weighted by Gasteiger charge is -2.22. The minimum absolute atomic E-state index is 0.422. The summed E-state index contributed by atoms with van der Waals surface area (Å²) in [5.74, 6) is 0. The Balaban J connectivity index is 1.81. The molecule has 1 aliphatic carbocycles. The van der Waals surface area contributed by atoms with Gasteiger partial charge >= 0.3 is 0 Å². The van der Waals surface area contributed by atoms with E-state index in [0.29, 0.717) is 13.2 Å². The lowest BCUT2D eigenvalue weighted by molar-refractivity contribution is 0.0472. The zero-order valence-corrected chi connectivity index (χ0v) is 11.0. The smallest absolute Gasteiger partial charge is 0.0771 e. The second-order valence-electron chi connectivity index (χ2n) is 4.92. The highest BCUT2D eigenvalue weighted by Crippen LogP contribution is 2.28. The number of hydrogen-bond donors (Lipinski definition) is 2. The van der Waals surface area contributed by atoms with Gasteiger partial charge in [-0.2, -0.15) is 0 Å². The van der Waals surface area contributed by atoms with Crippen LogP contribution in [0, 0.1) is 0 Å². The largest absolute Gasteiger partial charge is 0.389 e. The number of rotatable bonds is 10. The molecule has 1 saturated carbocycles. The third-order valence-electron chi connectivity index (χ3n) is 3.31. The van der Waals surface area contributed by atoms with Gasteiger partial charge in [0.1, 0.15) is 0 Å². The Morgan fingerprint density at radius 3 is 2.59 bits per heavy atom. The second kappa shape index (κ2) is 8.86. The monoisotopic (exact) mass is 245 g/mol. The van der Waals surface area contributed by atoms with Crippen LogP contribution in [-0.4, -0.2) is 50.7 Å². The average molecular weight is 245 g/mol. The maximum Gasteiger partial charge on any atom is 0.0771 e. The Morgan fingerprint density at radius 1 is 1.12 bits per heavy atom. The van der Waals surface area contributed by atoms with Crippen molar-refractivity contribution >= 4 is 0 Å². The van der Waals surface area contributed by atoms with E-state index < -0.39 is 5.60 Å². The van der Waals surface area contributed by atoms with Crippen molar-refractivity contribution in [2.24, 2.45) is 0 Å². The molecule has 102 valence electrons. The fourth-order valence-electron chi connectivity index (χ4n) is 2.23. The summed E-state index contributed by atoms with van der Waals surface area (Å²) in [5, 5.41) is 13.4. The number of aliphatic hydroxyl groups is 1. The summed E-state index contributed by atoms with van der Waals surface area (Å²) in [7, 11) is 1.68. The molecule has 1 rings (SSSR count). The van der Waals surface area contributed by atoms with Crippen LogP contribution in [0.25, 0.3) is 0 Å². The fourth-order valence-corrected chi connectivity index (χ4v) is 2.23. The fraction of sp³-hybridized carbons (Fsp3) is 1.00. The van der Waals surface area contributed by atoms with E-state index in [1.54, 1.807) is 7.11 Å². The molecule has 2 N–H and O–H groups in total. The molecule has 4 nitrogen and oxygen atoms in total. The van der Waals surface area contributed by atoms with E-state index in [1.165, 1.54) is 12.8 Å². The number of nitrogens with one attached hydrogen (secondary N) is 1. The van der Waals surface area contributed by atoms with Crippen molar-refractivity contribution < 1.29 is 14.6 Å². The molecule has 1 fully saturated rings. The predicted molar refractivity (Wildman–Crippen MR) is 68.2 cm³/mol. The third-order valence-corrected chi connectivity index (χ3v) is 3.31. The average Bonchev–Trinajstić information content (AvgIpc) is 2.74. The van der Waals surface area contributed by atoms with Crippen molar-refractivity contribution in [3.05, 3.63) is 0 Å². The van der Waals surface area contributed by atoms with E-state index in [9.17, 15) is 5.11 Å². The molecule has 0 radical (unpaired) electrons. The summed E-state index contributed by atoms with van der Waals surface area (Å²) in [6.45, 7) is 3.87. The number of hydrogen-bond acceptors (Lipinski definition) is 4. The van der Waals surface area contributed by atoms with E-state index >= 15 is 0 Å². The van der Waals surface area contributed by atoms with Crippen LogP contribution in [-0.2, 0) is 9.47 Å². The van der Waals surface area contributed by atoms with Crippen molar-refractivity contribution in [3.63, 3.8) is 0 Å². The molecule has 0 aromatic rings. The molecule has 0 amide bonds. The van der Waals surface area contributed by atoms with Crippen LogP contribution in [0.15, 0.2) is 0 Å². The summed E-state index contributed by atoms with van der Waals surface area (Å²) >= 11 is 0. The second-order valence-corrected chi connectivity index (χ2v) is 4.92. The van der Waals surface area contributed by atoms with Crippen molar-refractivity contribution in [2.45, 2.75) is 44.1 Å². The minimum Gasteiger partial charge on any atom is -0.389 e. The van der Waals surface area contributed by atoms with Gasteiger partial charge in [0.05, 0.1) is 18.8 Å². The first kappa shape index (κ1) is 14.9. The van der Waals surface area contributed by atoms with Gasteiger partial charge in [0.2, 0.25) is 0 Å². The minimum atomic E-state index is -0.422. The highest BCUT2D eigenvalue weighted by atomic mass is 16.5. The van der Waals surface area contributed by atoms with Gasteiger partial charge in [0.15, 0.2) is 0 Å². The Labute approximate surface area is 105 Å². The lowest BCUT2D eigenvalue weighted by atomic mass is 10.0. The third kappa shape index (κ3) is 6.99. The standard InChI is InChI=1S/C13H27NO3/c1-16-10-11-17-9-5-4-8-14-12-13(15)6-2-3-7-13/h14-15H,2-12H2,1H3. The first-order valence-electron chi connectivity index (χ1n) is 6.77. The molecular weight excluding hydrogens is 218 g/mol. The molecule has 0 aromatic carbocycles. The summed E-state index contributed by atoms with van der Waals surface area (Å²) in [4.78, 5) is 0. The van der Waals surface area contributed by atoms with Gasteiger partial charge in [0, 0.05) is 20.3 Å². The maximum atomic E-state index is 10.1. The molecule has 17 heavy (non-hydrogen) atoms. The quantitative estimate of drug-likeness (QED) is 0.570. The molecule has 0 unspecified atom stereocenters. The first-order chi connectivity index (χ1) is 8.27.